The fourth-order valence-electron chi connectivity index (χ4n) is 1.70. The van der Waals surface area contributed by atoms with Crippen LogP contribution < -0.4 is 10.9 Å². The third kappa shape index (κ3) is 2.50. The maximum Gasteiger partial charge on any atom is 0.285 e. The van der Waals surface area contributed by atoms with Crippen LogP contribution in [0.5, 0.6) is 0 Å². The van der Waals surface area contributed by atoms with E-state index in [9.17, 15) is 4.79 Å². The molecule has 0 bridgehead atoms. The number of nitrogens with one attached hydrogen (secondary N) is 2. The van der Waals surface area contributed by atoms with Crippen LogP contribution >= 0.6 is 11.6 Å². The molecule has 1 aromatic rings. The molecule has 0 unspecified atom stereocenters. The van der Waals surface area contributed by atoms with Crippen molar-refractivity contribution >= 4 is 17.3 Å². The number of nitrogens with zero attached hydrogens (tertiary/aromatic N) is 1. The predicted molar refractivity (Wildman–Crippen MR) is 60.3 cm³/mol. The second-order valence-electron chi connectivity index (χ2n) is 3.94. The van der Waals surface area contributed by atoms with Gasteiger partial charge in [-0.15, -0.1) is 0 Å². The van der Waals surface area contributed by atoms with E-state index in [1.54, 1.807) is 6.20 Å². The molecule has 5 heteroatoms. The van der Waals surface area contributed by atoms with Crippen molar-refractivity contribution in [1.82, 2.24) is 10.2 Å². The van der Waals surface area contributed by atoms with E-state index in [0.717, 1.165) is 18.9 Å². The summed E-state index contributed by atoms with van der Waals surface area (Å²) in [4.78, 5) is 11.1. The molecule has 1 aromatic heterocycles. The van der Waals surface area contributed by atoms with Gasteiger partial charge in [-0.05, 0) is 12.3 Å². The van der Waals surface area contributed by atoms with Gasteiger partial charge in [0.05, 0.1) is 11.9 Å². The summed E-state index contributed by atoms with van der Waals surface area (Å²) in [5, 5.41) is 9.31. The summed E-state index contributed by atoms with van der Waals surface area (Å²) in [6, 6.07) is 0. The smallest absolute Gasteiger partial charge is 0.285 e. The van der Waals surface area contributed by atoms with Crippen LogP contribution in [-0.2, 0) is 0 Å². The standard InChI is InChI=1S/C10H14ClN3O/c11-9-8(6-13-14-10(9)15)12-5-4-7-2-1-3-7/h6-7H,1-5H2,(H2,12,14,15). The molecule has 0 spiro atoms. The minimum absolute atomic E-state index is 0.193. The average Bonchev–Trinajstić information content (AvgIpc) is 2.16. The van der Waals surface area contributed by atoms with Crippen molar-refractivity contribution in [3.8, 4) is 0 Å². The monoisotopic (exact) mass is 227 g/mol. The van der Waals surface area contributed by atoms with Gasteiger partial charge in [-0.1, -0.05) is 30.9 Å². The molecular formula is C10H14ClN3O. The van der Waals surface area contributed by atoms with Crippen molar-refractivity contribution < 1.29 is 0 Å². The number of hydrogen-bond donors (Lipinski definition) is 2. The molecule has 1 aliphatic carbocycles. The molecule has 0 aliphatic heterocycles. The van der Waals surface area contributed by atoms with Crippen LogP contribution in [-0.4, -0.2) is 16.7 Å². The number of halogens is 1. The van der Waals surface area contributed by atoms with Gasteiger partial charge in [0.2, 0.25) is 0 Å². The first-order valence-electron chi connectivity index (χ1n) is 5.24. The highest BCUT2D eigenvalue weighted by molar-refractivity contribution is 6.32. The molecule has 0 radical (unpaired) electrons. The van der Waals surface area contributed by atoms with Crippen LogP contribution in [0.3, 0.4) is 0 Å². The second-order valence-corrected chi connectivity index (χ2v) is 4.32. The van der Waals surface area contributed by atoms with Crippen LogP contribution in [0.15, 0.2) is 11.0 Å². The summed E-state index contributed by atoms with van der Waals surface area (Å²) < 4.78 is 0. The van der Waals surface area contributed by atoms with E-state index >= 15 is 0 Å². The second kappa shape index (κ2) is 4.66. The minimum Gasteiger partial charge on any atom is -0.382 e. The Morgan fingerprint density at radius 2 is 2.40 bits per heavy atom. The van der Waals surface area contributed by atoms with E-state index in [1.165, 1.54) is 19.3 Å². The first kappa shape index (κ1) is 10.5. The Morgan fingerprint density at radius 1 is 1.60 bits per heavy atom. The topological polar surface area (TPSA) is 57.8 Å². The Kier molecular flexibility index (Phi) is 3.26. The summed E-state index contributed by atoms with van der Waals surface area (Å²) in [6.07, 6.45) is 6.72. The molecule has 0 aromatic carbocycles. The molecule has 15 heavy (non-hydrogen) atoms. The summed E-state index contributed by atoms with van der Waals surface area (Å²) >= 11 is 5.81. The van der Waals surface area contributed by atoms with Gasteiger partial charge in [-0.3, -0.25) is 4.79 Å². The predicted octanol–water partition coefficient (Wildman–Crippen LogP) is 2.03. The first-order chi connectivity index (χ1) is 7.27. The molecule has 4 nitrogen and oxygen atoms in total. The van der Waals surface area contributed by atoms with E-state index in [-0.39, 0.29) is 10.6 Å². The van der Waals surface area contributed by atoms with Crippen molar-refractivity contribution in [3.05, 3.63) is 21.6 Å². The zero-order chi connectivity index (χ0) is 10.7. The molecule has 2 N–H and O–H groups in total. The van der Waals surface area contributed by atoms with Gasteiger partial charge in [-0.2, -0.15) is 5.10 Å². The molecule has 0 saturated heterocycles. The van der Waals surface area contributed by atoms with E-state index in [2.05, 4.69) is 15.5 Å². The highest BCUT2D eigenvalue weighted by Crippen LogP contribution is 2.29. The number of H-pyrrole nitrogens is 1. The minimum atomic E-state index is -0.342. The number of aromatic amines is 1. The maximum atomic E-state index is 11.1. The Hall–Kier alpha value is -1.03. The molecule has 1 saturated carbocycles. The van der Waals surface area contributed by atoms with Gasteiger partial charge in [0, 0.05) is 6.54 Å². The van der Waals surface area contributed by atoms with Crippen molar-refractivity contribution in [2.45, 2.75) is 25.7 Å². The van der Waals surface area contributed by atoms with Gasteiger partial charge in [-0.25, -0.2) is 5.10 Å². The quantitative estimate of drug-likeness (QED) is 0.828. The van der Waals surface area contributed by atoms with Crippen LogP contribution in [0.2, 0.25) is 5.02 Å². The van der Waals surface area contributed by atoms with Gasteiger partial charge in [0.1, 0.15) is 5.02 Å². The van der Waals surface area contributed by atoms with Crippen LogP contribution in [0.1, 0.15) is 25.7 Å². The Labute approximate surface area is 93.0 Å². The lowest BCUT2D eigenvalue weighted by molar-refractivity contribution is 0.303. The van der Waals surface area contributed by atoms with Crippen LogP contribution in [0, 0.1) is 5.92 Å². The fraction of sp³-hybridized carbons (Fsp3) is 0.600. The normalized spacial score (nSPS) is 16.1. The lowest BCUT2D eigenvalue weighted by Gasteiger charge is -2.25. The fourth-order valence-corrected chi connectivity index (χ4v) is 1.86. The van der Waals surface area contributed by atoms with Crippen molar-refractivity contribution in [1.29, 1.82) is 0 Å². The third-order valence-corrected chi connectivity index (χ3v) is 3.26. The summed E-state index contributed by atoms with van der Waals surface area (Å²) in [5.74, 6) is 0.853. The molecular weight excluding hydrogens is 214 g/mol. The number of rotatable bonds is 4. The third-order valence-electron chi connectivity index (χ3n) is 2.89. The number of aromatic nitrogens is 2. The Balaban J connectivity index is 1.87. The largest absolute Gasteiger partial charge is 0.382 e. The highest BCUT2D eigenvalue weighted by Gasteiger charge is 2.16. The molecule has 0 amide bonds. The lowest BCUT2D eigenvalue weighted by Crippen LogP contribution is -2.17. The first-order valence-corrected chi connectivity index (χ1v) is 5.62. The number of hydrogen-bond acceptors (Lipinski definition) is 3. The molecule has 82 valence electrons. The van der Waals surface area contributed by atoms with Crippen molar-refractivity contribution in [3.63, 3.8) is 0 Å². The Morgan fingerprint density at radius 3 is 3.07 bits per heavy atom. The SMILES string of the molecule is O=c1[nH]ncc(NCCC2CCC2)c1Cl. The number of anilines is 1. The molecule has 2 rings (SSSR count). The van der Waals surface area contributed by atoms with E-state index < -0.39 is 0 Å². The molecule has 1 aliphatic rings. The van der Waals surface area contributed by atoms with Crippen LogP contribution in [0.4, 0.5) is 5.69 Å². The van der Waals surface area contributed by atoms with Gasteiger partial charge in [0.15, 0.2) is 0 Å². The summed E-state index contributed by atoms with van der Waals surface area (Å²) in [5.41, 5.74) is 0.282. The van der Waals surface area contributed by atoms with Crippen molar-refractivity contribution in [2.24, 2.45) is 5.92 Å². The van der Waals surface area contributed by atoms with Crippen LogP contribution in [0.25, 0.3) is 0 Å². The maximum absolute atomic E-state index is 11.1. The van der Waals surface area contributed by atoms with E-state index in [1.807, 2.05) is 0 Å². The Bertz CT molecular complexity index is 386. The highest BCUT2D eigenvalue weighted by atomic mass is 35.5. The summed E-state index contributed by atoms with van der Waals surface area (Å²) in [6.45, 7) is 0.857. The van der Waals surface area contributed by atoms with Gasteiger partial charge >= 0.3 is 0 Å². The van der Waals surface area contributed by atoms with E-state index in [4.69, 9.17) is 11.6 Å². The molecule has 0 atom stereocenters. The van der Waals surface area contributed by atoms with Crippen molar-refractivity contribution in [2.75, 3.05) is 11.9 Å². The summed E-state index contributed by atoms with van der Waals surface area (Å²) in [7, 11) is 0. The average molecular weight is 228 g/mol. The molecule has 1 heterocycles. The molecule has 1 fully saturated rings. The zero-order valence-corrected chi connectivity index (χ0v) is 9.18. The van der Waals surface area contributed by atoms with E-state index in [0.29, 0.717) is 5.69 Å². The zero-order valence-electron chi connectivity index (χ0n) is 8.42. The van der Waals surface area contributed by atoms with Gasteiger partial charge < -0.3 is 5.32 Å². The lowest BCUT2D eigenvalue weighted by atomic mass is 9.83. The van der Waals surface area contributed by atoms with Gasteiger partial charge in [0.25, 0.3) is 5.56 Å².